The van der Waals surface area contributed by atoms with Crippen LogP contribution >= 0.6 is 0 Å². The molecule has 0 bridgehead atoms. The first-order valence-electron chi connectivity index (χ1n) is 10.2. The van der Waals surface area contributed by atoms with Gasteiger partial charge in [0, 0.05) is 25.3 Å². The van der Waals surface area contributed by atoms with Crippen LogP contribution in [0.5, 0.6) is 0 Å². The molecule has 2 unspecified atom stereocenters. The number of rotatable bonds is 4. The molecular weight excluding hydrogens is 404 g/mol. The van der Waals surface area contributed by atoms with E-state index in [2.05, 4.69) is 20.7 Å². The molecule has 162 valence electrons. The molecule has 2 amide bonds. The molecule has 3 aliphatic rings. The van der Waals surface area contributed by atoms with E-state index in [4.69, 9.17) is 15.2 Å². The minimum atomic E-state index is -3.14. The molecule has 0 aromatic heterocycles. The van der Waals surface area contributed by atoms with E-state index < -0.39 is 15.8 Å². The number of nitrogens with two attached hydrogens (primary N) is 1. The number of fused-ring (bicyclic) bond motifs is 2. The van der Waals surface area contributed by atoms with Crippen LogP contribution in [0.2, 0.25) is 0 Å². The quantitative estimate of drug-likeness (QED) is 0.759. The van der Waals surface area contributed by atoms with Crippen molar-refractivity contribution in [3.05, 3.63) is 39.4 Å². The van der Waals surface area contributed by atoms with Crippen LogP contribution in [-0.4, -0.2) is 48.8 Å². The van der Waals surface area contributed by atoms with E-state index >= 15 is 0 Å². The van der Waals surface area contributed by atoms with Gasteiger partial charge in [0.25, 0.3) is 0 Å². The molecule has 0 radical (unpaired) electrons. The van der Waals surface area contributed by atoms with Crippen LogP contribution in [0.15, 0.2) is 26.5 Å². The number of methoxy groups -OCH3 is 1. The van der Waals surface area contributed by atoms with Gasteiger partial charge >= 0.3 is 6.03 Å². The van der Waals surface area contributed by atoms with Crippen molar-refractivity contribution in [1.29, 1.82) is 0 Å². The van der Waals surface area contributed by atoms with Gasteiger partial charge in [0.1, 0.15) is 17.6 Å². The van der Waals surface area contributed by atoms with Crippen molar-refractivity contribution in [2.45, 2.75) is 44.6 Å². The number of benzene rings is 1. The van der Waals surface area contributed by atoms with Crippen LogP contribution in [-0.2, 0) is 44.9 Å². The summed E-state index contributed by atoms with van der Waals surface area (Å²) >= 11 is 0. The highest BCUT2D eigenvalue weighted by Gasteiger charge is 2.27. The van der Waals surface area contributed by atoms with Crippen molar-refractivity contribution < 1.29 is 18.5 Å². The Balaban J connectivity index is 1.60. The Morgan fingerprint density at radius 3 is 2.50 bits per heavy atom. The molecule has 2 atom stereocenters. The van der Waals surface area contributed by atoms with E-state index in [-0.39, 0.29) is 23.5 Å². The minimum absolute atomic E-state index is 0.121. The standard InChI is InChI=1S/C21H28N4O4S/c1-28-15-11-23-20(29-12-15)18(10-22)30(2,27)25-21(26)24-19-16-7-3-5-13(16)9-14-6-4-8-17(14)19/h9-10,15H,3-8,11-12,22H2,1-2H3,(H,24,26). The third-order valence-electron chi connectivity index (χ3n) is 5.91. The summed E-state index contributed by atoms with van der Waals surface area (Å²) in [7, 11) is -1.56. The fourth-order valence-electron chi connectivity index (χ4n) is 4.41. The summed E-state index contributed by atoms with van der Waals surface area (Å²) in [6.45, 7) is 0.643. The fraction of sp³-hybridized carbons (Fsp3) is 0.524. The third-order valence-corrected chi connectivity index (χ3v) is 7.55. The number of carbonyl (C=O) groups excluding carboxylic acids is 1. The molecule has 2 aliphatic carbocycles. The average Bonchev–Trinajstić information content (AvgIpc) is 3.37. The summed E-state index contributed by atoms with van der Waals surface area (Å²) in [6.07, 6.45) is 8.49. The van der Waals surface area contributed by atoms with Crippen LogP contribution in [0.1, 0.15) is 35.1 Å². The van der Waals surface area contributed by atoms with Crippen molar-refractivity contribution >= 4 is 27.3 Å². The number of amides is 2. The summed E-state index contributed by atoms with van der Waals surface area (Å²) in [5.74, 6) is 0.149. The third kappa shape index (κ3) is 3.96. The van der Waals surface area contributed by atoms with E-state index in [0.29, 0.717) is 6.54 Å². The highest BCUT2D eigenvalue weighted by Crippen LogP contribution is 2.38. The molecule has 0 saturated heterocycles. The number of carbonyl (C=O) groups is 1. The number of urea groups is 1. The predicted octanol–water partition coefficient (Wildman–Crippen LogP) is 2.54. The van der Waals surface area contributed by atoms with Gasteiger partial charge in [-0.05, 0) is 60.8 Å². The second kappa shape index (κ2) is 8.39. The lowest BCUT2D eigenvalue weighted by Crippen LogP contribution is -2.32. The zero-order valence-electron chi connectivity index (χ0n) is 17.4. The molecule has 9 heteroatoms. The maximum Gasteiger partial charge on any atom is 0.353 e. The SMILES string of the molecule is COC1CN=C(C(=CN)S(C)(=O)=NC(=O)Nc2c3c(cc4c2CCC4)CCC3)OC1. The van der Waals surface area contributed by atoms with Crippen LogP contribution in [0.3, 0.4) is 0 Å². The first kappa shape index (κ1) is 20.9. The predicted molar refractivity (Wildman–Crippen MR) is 117 cm³/mol. The van der Waals surface area contributed by atoms with Crippen molar-refractivity contribution in [3.8, 4) is 0 Å². The monoisotopic (exact) mass is 432 g/mol. The molecule has 4 rings (SSSR count). The number of hydrogen-bond donors (Lipinski definition) is 2. The maximum absolute atomic E-state index is 13.3. The van der Waals surface area contributed by atoms with Gasteiger partial charge in [-0.3, -0.25) is 0 Å². The van der Waals surface area contributed by atoms with Gasteiger partial charge in [-0.1, -0.05) is 6.07 Å². The molecule has 0 saturated carbocycles. The summed E-state index contributed by atoms with van der Waals surface area (Å²) in [4.78, 5) is 17.2. The molecule has 30 heavy (non-hydrogen) atoms. The number of anilines is 1. The van der Waals surface area contributed by atoms with Crippen LogP contribution in [0.4, 0.5) is 10.5 Å². The normalized spacial score (nSPS) is 22.4. The lowest BCUT2D eigenvalue weighted by Gasteiger charge is -2.22. The minimum Gasteiger partial charge on any atom is -0.474 e. The number of ether oxygens (including phenoxy) is 2. The average molecular weight is 433 g/mol. The van der Waals surface area contributed by atoms with Gasteiger partial charge in [0.15, 0.2) is 0 Å². The van der Waals surface area contributed by atoms with Gasteiger partial charge in [-0.2, -0.15) is 0 Å². The second-order valence-corrected chi connectivity index (χ2v) is 10.1. The van der Waals surface area contributed by atoms with Gasteiger partial charge in [0.05, 0.1) is 16.3 Å². The van der Waals surface area contributed by atoms with Crippen LogP contribution < -0.4 is 11.1 Å². The summed E-state index contributed by atoms with van der Waals surface area (Å²) in [5.41, 5.74) is 11.6. The largest absolute Gasteiger partial charge is 0.474 e. The number of aryl methyl sites for hydroxylation is 2. The molecule has 1 heterocycles. The summed E-state index contributed by atoms with van der Waals surface area (Å²) in [5, 5.41) is 2.94. The Bertz CT molecular complexity index is 1020. The topological polar surface area (TPSA) is 115 Å². The van der Waals surface area contributed by atoms with Gasteiger partial charge < -0.3 is 20.5 Å². The van der Waals surface area contributed by atoms with Crippen LogP contribution in [0.25, 0.3) is 0 Å². The Morgan fingerprint density at radius 1 is 1.30 bits per heavy atom. The van der Waals surface area contributed by atoms with E-state index in [9.17, 15) is 9.00 Å². The highest BCUT2D eigenvalue weighted by atomic mass is 32.2. The van der Waals surface area contributed by atoms with E-state index in [1.165, 1.54) is 28.5 Å². The number of aliphatic imine (C=N–C) groups is 1. The Morgan fingerprint density at radius 2 is 1.97 bits per heavy atom. The molecule has 0 fully saturated rings. The summed E-state index contributed by atoms with van der Waals surface area (Å²) < 4.78 is 28.0. The molecular formula is C21H28N4O4S. The van der Waals surface area contributed by atoms with Gasteiger partial charge in [0.2, 0.25) is 5.90 Å². The van der Waals surface area contributed by atoms with Crippen molar-refractivity contribution in [2.24, 2.45) is 15.1 Å². The van der Waals surface area contributed by atoms with E-state index in [1.54, 1.807) is 7.11 Å². The van der Waals surface area contributed by atoms with E-state index in [0.717, 1.165) is 50.4 Å². The highest BCUT2D eigenvalue weighted by molar-refractivity contribution is 7.98. The molecule has 8 nitrogen and oxygen atoms in total. The first-order chi connectivity index (χ1) is 14.4. The fourth-order valence-corrected chi connectivity index (χ4v) is 5.57. The van der Waals surface area contributed by atoms with Gasteiger partial charge in [-0.25, -0.2) is 14.0 Å². The maximum atomic E-state index is 13.3. The molecule has 3 N–H and O–H groups in total. The molecule has 1 aromatic rings. The zero-order valence-corrected chi connectivity index (χ0v) is 18.2. The Kier molecular flexibility index (Phi) is 5.84. The van der Waals surface area contributed by atoms with E-state index in [1.807, 2.05) is 0 Å². The molecule has 1 aromatic carbocycles. The van der Waals surface area contributed by atoms with Crippen molar-refractivity contribution in [1.82, 2.24) is 0 Å². The Hall–Kier alpha value is -2.39. The number of nitrogens with one attached hydrogen (secondary N) is 1. The number of nitrogens with zero attached hydrogens (tertiary/aromatic N) is 2. The first-order valence-corrected chi connectivity index (χ1v) is 12.2. The lowest BCUT2D eigenvalue weighted by molar-refractivity contribution is 0.0508. The summed E-state index contributed by atoms with van der Waals surface area (Å²) in [6, 6.07) is 1.66. The van der Waals surface area contributed by atoms with Crippen molar-refractivity contribution in [2.75, 3.05) is 31.8 Å². The number of hydrogen-bond acceptors (Lipinski definition) is 6. The molecule has 0 spiro atoms. The zero-order chi connectivity index (χ0) is 21.3. The van der Waals surface area contributed by atoms with Crippen molar-refractivity contribution in [3.63, 3.8) is 0 Å². The smallest absolute Gasteiger partial charge is 0.353 e. The lowest BCUT2D eigenvalue weighted by atomic mass is 9.99. The van der Waals surface area contributed by atoms with Gasteiger partial charge in [-0.15, -0.1) is 4.36 Å². The molecule has 1 aliphatic heterocycles. The van der Waals surface area contributed by atoms with Crippen LogP contribution in [0, 0.1) is 0 Å². The second-order valence-electron chi connectivity index (χ2n) is 7.90. The Labute approximate surface area is 177 Å².